The Hall–Kier alpha value is -1.39. The van der Waals surface area contributed by atoms with Crippen LogP contribution in [0, 0.1) is 11.3 Å². The molecule has 0 fully saturated rings. The molecular weight excluding hydrogens is 240 g/mol. The minimum Gasteiger partial charge on any atom is -0.274 e. The summed E-state index contributed by atoms with van der Waals surface area (Å²) in [5.74, 6) is 0. The Morgan fingerprint density at radius 1 is 1.59 bits per heavy atom. The summed E-state index contributed by atoms with van der Waals surface area (Å²) in [5, 5.41) is 12.4. The highest BCUT2D eigenvalue weighted by Gasteiger charge is 2.27. The number of rotatable bonds is 5. The first-order valence-electron chi connectivity index (χ1n) is 5.27. The van der Waals surface area contributed by atoms with Crippen molar-refractivity contribution in [3.05, 3.63) is 12.4 Å². The van der Waals surface area contributed by atoms with E-state index in [1.807, 2.05) is 6.07 Å². The highest BCUT2D eigenvalue weighted by atomic mass is 32.2. The van der Waals surface area contributed by atoms with Gasteiger partial charge >= 0.3 is 0 Å². The van der Waals surface area contributed by atoms with Crippen molar-refractivity contribution in [2.45, 2.75) is 31.2 Å². The standard InChI is InChI=1S/C10H16N4O2S/c1-9(2)14(6-4-5-11)17(15,16)10-7-12-13(3)8-10/h7-9H,4,6H2,1-3H3. The van der Waals surface area contributed by atoms with Gasteiger partial charge in [0.25, 0.3) is 0 Å². The number of hydrogen-bond acceptors (Lipinski definition) is 4. The van der Waals surface area contributed by atoms with Gasteiger partial charge in [0, 0.05) is 32.3 Å². The molecule has 1 aromatic rings. The molecule has 0 aliphatic carbocycles. The predicted octanol–water partition coefficient (Wildman–Crippen LogP) is 0.733. The maximum absolute atomic E-state index is 12.3. The molecule has 1 aromatic heterocycles. The predicted molar refractivity (Wildman–Crippen MR) is 62.5 cm³/mol. The highest BCUT2D eigenvalue weighted by Crippen LogP contribution is 2.17. The van der Waals surface area contributed by atoms with Crippen LogP contribution in [0.4, 0.5) is 0 Å². The van der Waals surface area contributed by atoms with Crippen molar-refractivity contribution in [3.8, 4) is 6.07 Å². The Kier molecular flexibility index (Phi) is 4.26. The second-order valence-electron chi connectivity index (χ2n) is 3.97. The number of sulfonamides is 1. The van der Waals surface area contributed by atoms with Gasteiger partial charge in [-0.1, -0.05) is 0 Å². The van der Waals surface area contributed by atoms with Gasteiger partial charge in [-0.15, -0.1) is 0 Å². The third-order valence-electron chi connectivity index (χ3n) is 2.31. The topological polar surface area (TPSA) is 79.0 Å². The van der Waals surface area contributed by atoms with Crippen molar-refractivity contribution in [2.75, 3.05) is 6.54 Å². The summed E-state index contributed by atoms with van der Waals surface area (Å²) in [7, 11) is -1.89. The van der Waals surface area contributed by atoms with E-state index in [4.69, 9.17) is 5.26 Å². The van der Waals surface area contributed by atoms with Gasteiger partial charge in [0.05, 0.1) is 12.3 Å². The zero-order chi connectivity index (χ0) is 13.1. The van der Waals surface area contributed by atoms with Gasteiger partial charge < -0.3 is 0 Å². The summed E-state index contributed by atoms with van der Waals surface area (Å²) < 4.78 is 27.3. The van der Waals surface area contributed by atoms with Crippen LogP contribution in [0.5, 0.6) is 0 Å². The molecule has 0 saturated carbocycles. The Morgan fingerprint density at radius 3 is 2.65 bits per heavy atom. The average molecular weight is 256 g/mol. The smallest absolute Gasteiger partial charge is 0.246 e. The molecule has 0 aliphatic heterocycles. The summed E-state index contributed by atoms with van der Waals surface area (Å²) >= 11 is 0. The third-order valence-corrected chi connectivity index (χ3v) is 4.34. The molecule has 0 saturated heterocycles. The second-order valence-corrected chi connectivity index (χ2v) is 5.86. The first-order valence-corrected chi connectivity index (χ1v) is 6.71. The van der Waals surface area contributed by atoms with Crippen molar-refractivity contribution in [1.82, 2.24) is 14.1 Å². The van der Waals surface area contributed by atoms with E-state index >= 15 is 0 Å². The molecule has 0 N–H and O–H groups in total. The fourth-order valence-corrected chi connectivity index (χ4v) is 3.11. The molecule has 0 aliphatic rings. The van der Waals surface area contributed by atoms with E-state index in [2.05, 4.69) is 5.10 Å². The minimum absolute atomic E-state index is 0.159. The Labute approximate surface area is 102 Å². The van der Waals surface area contributed by atoms with Gasteiger partial charge in [-0.05, 0) is 13.8 Å². The first-order chi connectivity index (χ1) is 7.89. The van der Waals surface area contributed by atoms with Crippen LogP contribution in [0.25, 0.3) is 0 Å². The molecular formula is C10H16N4O2S. The fourth-order valence-electron chi connectivity index (χ4n) is 1.48. The number of aryl methyl sites for hydroxylation is 1. The average Bonchev–Trinajstić information content (AvgIpc) is 2.65. The van der Waals surface area contributed by atoms with Crippen LogP contribution in [-0.4, -0.2) is 35.1 Å². The lowest BCUT2D eigenvalue weighted by atomic mass is 10.3. The van der Waals surface area contributed by atoms with Crippen LogP contribution >= 0.6 is 0 Å². The van der Waals surface area contributed by atoms with E-state index < -0.39 is 10.0 Å². The van der Waals surface area contributed by atoms with Crippen LogP contribution in [-0.2, 0) is 17.1 Å². The molecule has 0 amide bonds. The number of aromatic nitrogens is 2. The number of hydrogen-bond donors (Lipinski definition) is 0. The maximum Gasteiger partial charge on any atom is 0.246 e. The summed E-state index contributed by atoms with van der Waals surface area (Å²) in [5.41, 5.74) is 0. The molecule has 1 rings (SSSR count). The van der Waals surface area contributed by atoms with Gasteiger partial charge in [0.2, 0.25) is 10.0 Å². The van der Waals surface area contributed by atoms with E-state index in [1.54, 1.807) is 20.9 Å². The molecule has 0 unspecified atom stereocenters. The van der Waals surface area contributed by atoms with E-state index in [0.717, 1.165) is 0 Å². The molecule has 0 bridgehead atoms. The van der Waals surface area contributed by atoms with E-state index in [1.165, 1.54) is 21.4 Å². The molecule has 7 heteroatoms. The Bertz CT molecular complexity index is 513. The van der Waals surface area contributed by atoms with E-state index in [0.29, 0.717) is 0 Å². The molecule has 0 radical (unpaired) electrons. The zero-order valence-corrected chi connectivity index (χ0v) is 11.0. The molecule has 17 heavy (non-hydrogen) atoms. The van der Waals surface area contributed by atoms with Gasteiger partial charge in [-0.3, -0.25) is 4.68 Å². The lowest BCUT2D eigenvalue weighted by molar-refractivity contribution is 0.360. The van der Waals surface area contributed by atoms with Crippen molar-refractivity contribution in [2.24, 2.45) is 7.05 Å². The molecule has 94 valence electrons. The van der Waals surface area contributed by atoms with Crippen molar-refractivity contribution in [1.29, 1.82) is 5.26 Å². The van der Waals surface area contributed by atoms with Crippen molar-refractivity contribution < 1.29 is 8.42 Å². The largest absolute Gasteiger partial charge is 0.274 e. The van der Waals surface area contributed by atoms with E-state index in [-0.39, 0.29) is 23.9 Å². The van der Waals surface area contributed by atoms with Gasteiger partial charge in [-0.25, -0.2) is 8.42 Å². The second kappa shape index (κ2) is 5.29. The Morgan fingerprint density at radius 2 is 2.24 bits per heavy atom. The summed E-state index contributed by atoms with van der Waals surface area (Å²) in [4.78, 5) is 0.159. The minimum atomic E-state index is -3.55. The monoisotopic (exact) mass is 256 g/mol. The van der Waals surface area contributed by atoms with Crippen LogP contribution < -0.4 is 0 Å². The summed E-state index contributed by atoms with van der Waals surface area (Å²) in [6, 6.07) is 1.77. The normalized spacial score (nSPS) is 12.0. The fraction of sp³-hybridized carbons (Fsp3) is 0.600. The van der Waals surface area contributed by atoms with E-state index in [9.17, 15) is 8.42 Å². The van der Waals surface area contributed by atoms with Crippen molar-refractivity contribution in [3.63, 3.8) is 0 Å². The molecule has 6 nitrogen and oxygen atoms in total. The Balaban J connectivity index is 3.05. The SMILES string of the molecule is CC(C)N(CCC#N)S(=O)(=O)c1cnn(C)c1. The molecule has 0 atom stereocenters. The maximum atomic E-state index is 12.3. The van der Waals surface area contributed by atoms with Crippen molar-refractivity contribution >= 4 is 10.0 Å². The molecule has 1 heterocycles. The number of nitriles is 1. The van der Waals surface area contributed by atoms with Gasteiger partial charge in [-0.2, -0.15) is 14.7 Å². The first kappa shape index (κ1) is 13.7. The zero-order valence-electron chi connectivity index (χ0n) is 10.2. The lowest BCUT2D eigenvalue weighted by Gasteiger charge is -2.24. The molecule has 0 aromatic carbocycles. The summed E-state index contributed by atoms with van der Waals surface area (Å²) in [6.45, 7) is 3.77. The third kappa shape index (κ3) is 3.05. The quantitative estimate of drug-likeness (QED) is 0.778. The lowest BCUT2D eigenvalue weighted by Crippen LogP contribution is -2.37. The molecule has 0 spiro atoms. The summed E-state index contributed by atoms with van der Waals surface area (Å²) in [6.07, 6.45) is 2.95. The van der Waals surface area contributed by atoms with Crippen LogP contribution in [0.1, 0.15) is 20.3 Å². The van der Waals surface area contributed by atoms with Crippen LogP contribution in [0.15, 0.2) is 17.3 Å². The van der Waals surface area contributed by atoms with Crippen LogP contribution in [0.2, 0.25) is 0 Å². The van der Waals surface area contributed by atoms with Crippen LogP contribution in [0.3, 0.4) is 0 Å². The van der Waals surface area contributed by atoms with Gasteiger partial charge in [0.1, 0.15) is 4.90 Å². The highest BCUT2D eigenvalue weighted by molar-refractivity contribution is 7.89. The van der Waals surface area contributed by atoms with Gasteiger partial charge in [0.15, 0.2) is 0 Å². The number of nitrogens with zero attached hydrogens (tertiary/aromatic N) is 4.